The third-order valence-electron chi connectivity index (χ3n) is 3.51. The van der Waals surface area contributed by atoms with Gasteiger partial charge in [0.2, 0.25) is 0 Å². The summed E-state index contributed by atoms with van der Waals surface area (Å²) in [6, 6.07) is 0. The molecule has 2 aliphatic carbocycles. The van der Waals surface area contributed by atoms with Crippen LogP contribution in [0.25, 0.3) is 0 Å². The zero-order valence-electron chi connectivity index (χ0n) is 8.03. The van der Waals surface area contributed by atoms with Crippen LogP contribution in [0.3, 0.4) is 0 Å². The Morgan fingerprint density at radius 1 is 1.50 bits per heavy atom. The maximum Gasteiger partial charge on any atom is 0.310 e. The Morgan fingerprint density at radius 3 is 2.86 bits per heavy atom. The van der Waals surface area contributed by atoms with E-state index in [0.29, 0.717) is 12.8 Å². The number of aliphatic carboxylic acids is 1. The van der Waals surface area contributed by atoms with E-state index >= 15 is 0 Å². The lowest BCUT2D eigenvalue weighted by Crippen LogP contribution is -2.30. The maximum atomic E-state index is 11.6. The van der Waals surface area contributed by atoms with Gasteiger partial charge in [-0.15, -0.1) is 0 Å². The molecule has 3 atom stereocenters. The molecule has 1 N–H and O–H groups in total. The Hall–Kier alpha value is -1.12. The minimum absolute atomic E-state index is 0.0289. The van der Waals surface area contributed by atoms with Crippen LogP contribution in [0, 0.1) is 17.8 Å². The molecule has 76 valence electrons. The first-order chi connectivity index (χ1) is 6.61. The summed E-state index contributed by atoms with van der Waals surface area (Å²) >= 11 is 0. The van der Waals surface area contributed by atoms with Crippen LogP contribution in [0.1, 0.15) is 25.7 Å². The minimum Gasteiger partial charge on any atom is -0.481 e. The SMILES string of the molecule is C=C1C[C@H]2C(=O)CCC[C@H]2[C@@H]1C(=O)O. The highest BCUT2D eigenvalue weighted by molar-refractivity contribution is 5.86. The number of ketones is 1. The summed E-state index contributed by atoms with van der Waals surface area (Å²) < 4.78 is 0. The van der Waals surface area contributed by atoms with E-state index in [1.54, 1.807) is 0 Å². The average molecular weight is 194 g/mol. The predicted octanol–water partition coefficient (Wildman–Crippen LogP) is 1.63. The van der Waals surface area contributed by atoms with Gasteiger partial charge in [-0.2, -0.15) is 0 Å². The summed E-state index contributed by atoms with van der Waals surface area (Å²) in [5, 5.41) is 9.04. The van der Waals surface area contributed by atoms with E-state index in [4.69, 9.17) is 5.11 Å². The Balaban J connectivity index is 2.26. The van der Waals surface area contributed by atoms with Crippen molar-refractivity contribution in [3.8, 4) is 0 Å². The van der Waals surface area contributed by atoms with E-state index in [-0.39, 0.29) is 17.6 Å². The first-order valence-electron chi connectivity index (χ1n) is 5.04. The van der Waals surface area contributed by atoms with Crippen molar-refractivity contribution in [3.05, 3.63) is 12.2 Å². The molecule has 0 heterocycles. The van der Waals surface area contributed by atoms with E-state index in [0.717, 1.165) is 18.4 Å². The van der Waals surface area contributed by atoms with Gasteiger partial charge in [-0.3, -0.25) is 9.59 Å². The highest BCUT2D eigenvalue weighted by Crippen LogP contribution is 2.46. The number of rotatable bonds is 1. The Kier molecular flexibility index (Phi) is 2.17. The second-order valence-corrected chi connectivity index (χ2v) is 4.31. The quantitative estimate of drug-likeness (QED) is 0.645. The molecule has 0 spiro atoms. The van der Waals surface area contributed by atoms with Gasteiger partial charge in [0.25, 0.3) is 0 Å². The normalized spacial score (nSPS) is 37.0. The zero-order valence-corrected chi connectivity index (χ0v) is 8.03. The number of carbonyl (C=O) groups excluding carboxylic acids is 1. The maximum absolute atomic E-state index is 11.6. The number of carboxylic acids is 1. The van der Waals surface area contributed by atoms with Gasteiger partial charge in [0, 0.05) is 12.3 Å². The zero-order chi connectivity index (χ0) is 10.3. The summed E-state index contributed by atoms with van der Waals surface area (Å²) in [6.45, 7) is 3.78. The van der Waals surface area contributed by atoms with Gasteiger partial charge < -0.3 is 5.11 Å². The Bertz CT molecular complexity index is 306. The average Bonchev–Trinajstić information content (AvgIpc) is 2.42. The predicted molar refractivity (Wildman–Crippen MR) is 50.7 cm³/mol. The third-order valence-corrected chi connectivity index (χ3v) is 3.51. The van der Waals surface area contributed by atoms with Crippen LogP contribution in [0.2, 0.25) is 0 Å². The fourth-order valence-corrected chi connectivity index (χ4v) is 2.87. The van der Waals surface area contributed by atoms with Crippen LogP contribution in [0.4, 0.5) is 0 Å². The van der Waals surface area contributed by atoms with Gasteiger partial charge in [-0.1, -0.05) is 12.2 Å². The molecule has 2 aliphatic rings. The standard InChI is InChI=1S/C11H14O3/c1-6-5-8-7(10(6)11(13)14)3-2-4-9(8)12/h7-8,10H,1-5H2,(H,13,14)/t7-,8-,10-/m1/s1. The lowest BCUT2D eigenvalue weighted by Gasteiger charge is -2.25. The summed E-state index contributed by atoms with van der Waals surface area (Å²) in [6.07, 6.45) is 2.94. The van der Waals surface area contributed by atoms with Crippen molar-refractivity contribution < 1.29 is 14.7 Å². The highest BCUT2D eigenvalue weighted by Gasteiger charge is 2.46. The van der Waals surface area contributed by atoms with Crippen molar-refractivity contribution in [1.29, 1.82) is 0 Å². The van der Waals surface area contributed by atoms with Crippen LogP contribution in [-0.4, -0.2) is 16.9 Å². The molecule has 0 aliphatic heterocycles. The largest absolute Gasteiger partial charge is 0.481 e. The van der Waals surface area contributed by atoms with Gasteiger partial charge in [0.1, 0.15) is 5.78 Å². The molecule has 0 amide bonds. The topological polar surface area (TPSA) is 54.4 Å². The summed E-state index contributed by atoms with van der Waals surface area (Å²) in [5.41, 5.74) is 0.739. The van der Waals surface area contributed by atoms with E-state index in [1.165, 1.54) is 0 Å². The number of carboxylic acid groups (broad SMARTS) is 1. The molecular weight excluding hydrogens is 180 g/mol. The van der Waals surface area contributed by atoms with Crippen molar-refractivity contribution >= 4 is 11.8 Å². The lowest BCUT2D eigenvalue weighted by molar-refractivity contribution is -0.142. The van der Waals surface area contributed by atoms with E-state index in [2.05, 4.69) is 6.58 Å². The second-order valence-electron chi connectivity index (χ2n) is 4.31. The monoisotopic (exact) mass is 194 g/mol. The number of Topliss-reactive ketones (excluding diaryl/α,β-unsaturated/α-hetero) is 1. The third kappa shape index (κ3) is 1.27. The van der Waals surface area contributed by atoms with E-state index in [1.807, 2.05) is 0 Å². The molecule has 3 nitrogen and oxygen atoms in total. The fourth-order valence-electron chi connectivity index (χ4n) is 2.87. The molecule has 2 saturated carbocycles. The highest BCUT2D eigenvalue weighted by atomic mass is 16.4. The molecule has 0 bridgehead atoms. The van der Waals surface area contributed by atoms with Crippen LogP contribution < -0.4 is 0 Å². The second kappa shape index (κ2) is 3.23. The number of hydrogen-bond acceptors (Lipinski definition) is 2. The van der Waals surface area contributed by atoms with Crippen LogP contribution in [-0.2, 0) is 9.59 Å². The van der Waals surface area contributed by atoms with Crippen molar-refractivity contribution in [2.75, 3.05) is 0 Å². The van der Waals surface area contributed by atoms with Crippen molar-refractivity contribution in [2.24, 2.45) is 17.8 Å². The van der Waals surface area contributed by atoms with Crippen molar-refractivity contribution in [1.82, 2.24) is 0 Å². The van der Waals surface area contributed by atoms with Crippen molar-refractivity contribution in [2.45, 2.75) is 25.7 Å². The van der Waals surface area contributed by atoms with E-state index < -0.39 is 11.9 Å². The minimum atomic E-state index is -0.808. The van der Waals surface area contributed by atoms with Gasteiger partial charge in [0.15, 0.2) is 0 Å². The Labute approximate surface area is 82.8 Å². The van der Waals surface area contributed by atoms with Gasteiger partial charge in [0.05, 0.1) is 5.92 Å². The van der Waals surface area contributed by atoms with Gasteiger partial charge >= 0.3 is 5.97 Å². The molecule has 0 unspecified atom stereocenters. The first-order valence-corrected chi connectivity index (χ1v) is 5.04. The van der Waals surface area contributed by atoms with Crippen LogP contribution >= 0.6 is 0 Å². The van der Waals surface area contributed by atoms with Crippen LogP contribution in [0.15, 0.2) is 12.2 Å². The smallest absolute Gasteiger partial charge is 0.310 e. The molecule has 14 heavy (non-hydrogen) atoms. The summed E-state index contributed by atoms with van der Waals surface area (Å²) in [4.78, 5) is 22.6. The Morgan fingerprint density at radius 2 is 2.21 bits per heavy atom. The number of carbonyl (C=O) groups is 2. The van der Waals surface area contributed by atoms with Crippen molar-refractivity contribution in [3.63, 3.8) is 0 Å². The molecule has 0 aromatic rings. The summed E-state index contributed by atoms with van der Waals surface area (Å²) in [5.74, 6) is -1.05. The lowest BCUT2D eigenvalue weighted by atomic mass is 9.77. The number of fused-ring (bicyclic) bond motifs is 1. The first kappa shape index (κ1) is 9.44. The molecule has 3 heteroatoms. The molecule has 0 aromatic carbocycles. The summed E-state index contributed by atoms with van der Waals surface area (Å²) in [7, 11) is 0. The molecular formula is C11H14O3. The van der Waals surface area contributed by atoms with Gasteiger partial charge in [-0.25, -0.2) is 0 Å². The number of hydrogen-bond donors (Lipinski definition) is 1. The fraction of sp³-hybridized carbons (Fsp3) is 0.636. The molecule has 2 rings (SSSR count). The molecule has 0 radical (unpaired) electrons. The van der Waals surface area contributed by atoms with Crippen LogP contribution in [0.5, 0.6) is 0 Å². The molecule has 0 aromatic heterocycles. The van der Waals surface area contributed by atoms with E-state index in [9.17, 15) is 9.59 Å². The molecule has 2 fully saturated rings. The molecule has 0 saturated heterocycles. The van der Waals surface area contributed by atoms with Gasteiger partial charge in [-0.05, 0) is 25.2 Å².